The van der Waals surface area contributed by atoms with Gasteiger partial charge in [0.15, 0.2) is 9.84 Å². The second-order valence-electron chi connectivity index (χ2n) is 4.79. The van der Waals surface area contributed by atoms with Gasteiger partial charge in [-0.3, -0.25) is 4.79 Å². The molecule has 6 heteroatoms. The highest BCUT2D eigenvalue weighted by Crippen LogP contribution is 2.03. The van der Waals surface area contributed by atoms with Crippen LogP contribution in [0, 0.1) is 0 Å². The molecular formula is C14H28N2O3S. The Bertz CT molecular complexity index is 389. The SMILES string of the molecule is C=CCS(=O)(=O)C(C)C(=O)NCCCCN(CC)CC. The van der Waals surface area contributed by atoms with Crippen LogP contribution in [0.25, 0.3) is 0 Å². The number of hydrogen-bond acceptors (Lipinski definition) is 4. The minimum Gasteiger partial charge on any atom is -0.355 e. The zero-order chi connectivity index (χ0) is 15.6. The maximum absolute atomic E-state index is 11.7. The number of carbonyl (C=O) groups excluding carboxylic acids is 1. The molecule has 0 aliphatic carbocycles. The summed E-state index contributed by atoms with van der Waals surface area (Å²) < 4.78 is 23.4. The third-order valence-electron chi connectivity index (χ3n) is 3.35. The first kappa shape index (κ1) is 19.1. The first-order valence-electron chi connectivity index (χ1n) is 7.21. The monoisotopic (exact) mass is 304 g/mol. The molecule has 0 heterocycles. The first-order chi connectivity index (χ1) is 9.38. The molecule has 0 radical (unpaired) electrons. The van der Waals surface area contributed by atoms with Gasteiger partial charge in [0.25, 0.3) is 0 Å². The summed E-state index contributed by atoms with van der Waals surface area (Å²) in [7, 11) is -3.41. The molecule has 1 N–H and O–H groups in total. The molecule has 0 aromatic carbocycles. The van der Waals surface area contributed by atoms with Gasteiger partial charge in [-0.15, -0.1) is 6.58 Å². The number of sulfone groups is 1. The lowest BCUT2D eigenvalue weighted by Crippen LogP contribution is -2.39. The second-order valence-corrected chi connectivity index (χ2v) is 7.15. The van der Waals surface area contributed by atoms with Gasteiger partial charge in [0, 0.05) is 6.54 Å². The van der Waals surface area contributed by atoms with Gasteiger partial charge in [0.1, 0.15) is 5.25 Å². The van der Waals surface area contributed by atoms with E-state index in [1.165, 1.54) is 13.0 Å². The quantitative estimate of drug-likeness (QED) is 0.460. The zero-order valence-corrected chi connectivity index (χ0v) is 13.7. The standard InChI is InChI=1S/C14H28N2O3S/c1-5-12-20(18,19)13(4)14(17)15-10-8-9-11-16(6-2)7-3/h5,13H,1,6-12H2,2-4H3,(H,15,17). The molecule has 1 amide bonds. The van der Waals surface area contributed by atoms with Gasteiger partial charge >= 0.3 is 0 Å². The molecule has 0 spiro atoms. The number of unbranched alkanes of at least 4 members (excludes halogenated alkanes) is 1. The Hall–Kier alpha value is -0.880. The number of nitrogens with one attached hydrogen (secondary N) is 1. The molecule has 0 aromatic heterocycles. The highest BCUT2D eigenvalue weighted by atomic mass is 32.2. The molecule has 0 aromatic rings. The van der Waals surface area contributed by atoms with Crippen LogP contribution in [-0.4, -0.2) is 56.4 Å². The lowest BCUT2D eigenvalue weighted by Gasteiger charge is -2.17. The normalized spacial score (nSPS) is 13.2. The Balaban J connectivity index is 3.97. The van der Waals surface area contributed by atoms with Crippen molar-refractivity contribution in [3.63, 3.8) is 0 Å². The van der Waals surface area contributed by atoms with Crippen molar-refractivity contribution in [2.75, 3.05) is 31.9 Å². The number of carbonyl (C=O) groups is 1. The van der Waals surface area contributed by atoms with Crippen molar-refractivity contribution >= 4 is 15.7 Å². The number of hydrogen-bond donors (Lipinski definition) is 1. The highest BCUT2D eigenvalue weighted by molar-refractivity contribution is 7.92. The summed E-state index contributed by atoms with van der Waals surface area (Å²) in [6.45, 7) is 12.6. The summed E-state index contributed by atoms with van der Waals surface area (Å²) in [6.07, 6.45) is 3.16. The molecule has 0 rings (SSSR count). The Morgan fingerprint density at radius 2 is 1.90 bits per heavy atom. The average molecular weight is 304 g/mol. The Morgan fingerprint density at radius 1 is 1.30 bits per heavy atom. The first-order valence-corrected chi connectivity index (χ1v) is 8.93. The lowest BCUT2D eigenvalue weighted by atomic mass is 10.3. The second kappa shape index (κ2) is 9.94. The van der Waals surface area contributed by atoms with Gasteiger partial charge in [0.2, 0.25) is 5.91 Å². The van der Waals surface area contributed by atoms with E-state index in [2.05, 4.69) is 30.6 Å². The molecule has 0 bridgehead atoms. The number of nitrogens with zero attached hydrogens (tertiary/aromatic N) is 1. The summed E-state index contributed by atoms with van der Waals surface area (Å²) >= 11 is 0. The number of amides is 1. The fourth-order valence-electron chi connectivity index (χ4n) is 1.83. The van der Waals surface area contributed by atoms with Crippen LogP contribution in [-0.2, 0) is 14.6 Å². The minimum absolute atomic E-state index is 0.163. The largest absolute Gasteiger partial charge is 0.355 e. The lowest BCUT2D eigenvalue weighted by molar-refractivity contribution is -0.120. The van der Waals surface area contributed by atoms with Gasteiger partial charge < -0.3 is 10.2 Å². The minimum atomic E-state index is -3.41. The van der Waals surface area contributed by atoms with Crippen molar-refractivity contribution in [2.24, 2.45) is 0 Å². The van der Waals surface area contributed by atoms with Crippen molar-refractivity contribution in [3.8, 4) is 0 Å². The highest BCUT2D eigenvalue weighted by Gasteiger charge is 2.26. The molecule has 0 saturated heterocycles. The van der Waals surface area contributed by atoms with Gasteiger partial charge in [-0.2, -0.15) is 0 Å². The molecule has 20 heavy (non-hydrogen) atoms. The van der Waals surface area contributed by atoms with E-state index < -0.39 is 21.0 Å². The van der Waals surface area contributed by atoms with Crippen LogP contribution < -0.4 is 5.32 Å². The fraction of sp³-hybridized carbons (Fsp3) is 0.786. The third-order valence-corrected chi connectivity index (χ3v) is 5.34. The van der Waals surface area contributed by atoms with Gasteiger partial charge in [-0.1, -0.05) is 19.9 Å². The Labute approximate surface area is 123 Å². The van der Waals surface area contributed by atoms with Crippen LogP contribution in [0.2, 0.25) is 0 Å². The molecule has 118 valence electrons. The van der Waals surface area contributed by atoms with Crippen molar-refractivity contribution in [1.29, 1.82) is 0 Å². The maximum atomic E-state index is 11.7. The topological polar surface area (TPSA) is 66.5 Å². The van der Waals surface area contributed by atoms with E-state index in [1.807, 2.05) is 0 Å². The maximum Gasteiger partial charge on any atom is 0.238 e. The van der Waals surface area contributed by atoms with Crippen LogP contribution in [0.1, 0.15) is 33.6 Å². The van der Waals surface area contributed by atoms with E-state index in [0.29, 0.717) is 6.54 Å². The average Bonchev–Trinajstić information content (AvgIpc) is 2.41. The molecular weight excluding hydrogens is 276 g/mol. The summed E-state index contributed by atoms with van der Waals surface area (Å²) in [5, 5.41) is 1.67. The number of rotatable bonds is 11. The van der Waals surface area contributed by atoms with Crippen LogP contribution >= 0.6 is 0 Å². The van der Waals surface area contributed by atoms with E-state index in [-0.39, 0.29) is 5.75 Å². The van der Waals surface area contributed by atoms with Crippen LogP contribution in [0.5, 0.6) is 0 Å². The van der Waals surface area contributed by atoms with Crippen molar-refractivity contribution in [1.82, 2.24) is 10.2 Å². The van der Waals surface area contributed by atoms with Crippen molar-refractivity contribution in [2.45, 2.75) is 38.9 Å². The summed E-state index contributed by atoms with van der Waals surface area (Å²) in [5.41, 5.74) is 0. The van der Waals surface area contributed by atoms with Gasteiger partial charge in [0.05, 0.1) is 5.75 Å². The van der Waals surface area contributed by atoms with Crippen molar-refractivity contribution in [3.05, 3.63) is 12.7 Å². The summed E-state index contributed by atoms with van der Waals surface area (Å²) in [5.74, 6) is -0.585. The zero-order valence-electron chi connectivity index (χ0n) is 12.9. The summed E-state index contributed by atoms with van der Waals surface area (Å²) in [6, 6.07) is 0. The van der Waals surface area contributed by atoms with Crippen molar-refractivity contribution < 1.29 is 13.2 Å². The third kappa shape index (κ3) is 7.05. The predicted octanol–water partition coefficient (Wildman–Crippen LogP) is 1.21. The summed E-state index contributed by atoms with van der Waals surface area (Å²) in [4.78, 5) is 14.1. The fourth-order valence-corrected chi connectivity index (χ4v) is 2.85. The van der Waals surface area contributed by atoms with E-state index in [9.17, 15) is 13.2 Å². The Morgan fingerprint density at radius 3 is 2.40 bits per heavy atom. The molecule has 0 aliphatic heterocycles. The van der Waals surface area contributed by atoms with Crippen LogP contribution in [0.3, 0.4) is 0 Å². The molecule has 1 atom stereocenters. The molecule has 0 saturated carbocycles. The van der Waals surface area contributed by atoms with Gasteiger partial charge in [-0.25, -0.2) is 8.42 Å². The van der Waals surface area contributed by atoms with E-state index in [4.69, 9.17) is 0 Å². The van der Waals surface area contributed by atoms with E-state index >= 15 is 0 Å². The molecule has 1 unspecified atom stereocenters. The van der Waals surface area contributed by atoms with E-state index in [1.54, 1.807) is 0 Å². The van der Waals surface area contributed by atoms with E-state index in [0.717, 1.165) is 32.5 Å². The predicted molar refractivity (Wildman–Crippen MR) is 83.5 cm³/mol. The molecule has 5 nitrogen and oxygen atoms in total. The van der Waals surface area contributed by atoms with Gasteiger partial charge in [-0.05, 0) is 39.4 Å². The molecule has 0 aliphatic rings. The van der Waals surface area contributed by atoms with Crippen LogP contribution in [0.15, 0.2) is 12.7 Å². The molecule has 0 fully saturated rings. The Kier molecular flexibility index (Phi) is 9.50. The smallest absolute Gasteiger partial charge is 0.238 e. The van der Waals surface area contributed by atoms with Crippen LogP contribution in [0.4, 0.5) is 0 Å².